The van der Waals surface area contributed by atoms with Crippen LogP contribution in [0.1, 0.15) is 43.5 Å². The Hall–Kier alpha value is -2.37. The lowest BCUT2D eigenvalue weighted by atomic mass is 9.77. The van der Waals surface area contributed by atoms with E-state index in [1.165, 1.54) is 0 Å². The molecular weight excluding hydrogens is 328 g/mol. The maximum absolute atomic E-state index is 12.9. The second-order valence-electron chi connectivity index (χ2n) is 8.23. The van der Waals surface area contributed by atoms with Crippen LogP contribution in [0.25, 0.3) is 5.52 Å². The van der Waals surface area contributed by atoms with E-state index in [9.17, 15) is 9.59 Å². The summed E-state index contributed by atoms with van der Waals surface area (Å²) in [6.45, 7) is 7.41. The summed E-state index contributed by atoms with van der Waals surface area (Å²) in [6, 6.07) is 5.75. The molecule has 2 amide bonds. The molecule has 2 aliphatic rings. The van der Waals surface area contributed by atoms with Gasteiger partial charge in [0.15, 0.2) is 0 Å². The molecule has 2 aliphatic heterocycles. The smallest absolute Gasteiger partial charge is 0.257 e. The Kier molecular flexibility index (Phi) is 4.21. The molecule has 2 fully saturated rings. The lowest BCUT2D eigenvalue weighted by Crippen LogP contribution is -2.44. The molecule has 0 aromatic carbocycles. The van der Waals surface area contributed by atoms with Gasteiger partial charge in [0.25, 0.3) is 5.91 Å². The summed E-state index contributed by atoms with van der Waals surface area (Å²) in [4.78, 5) is 29.3. The second kappa shape index (κ2) is 6.41. The highest BCUT2D eigenvalue weighted by Crippen LogP contribution is 2.41. The third-order valence-electron chi connectivity index (χ3n) is 5.76. The SMILES string of the molecule is CC(C)CN1CC2(CCN(C(=O)c3cnn4ccccc34)CC2)CC1=O. The highest BCUT2D eigenvalue weighted by Gasteiger charge is 2.45. The topological polar surface area (TPSA) is 57.9 Å². The van der Waals surface area contributed by atoms with Crippen LogP contribution in [0.15, 0.2) is 30.6 Å². The molecule has 0 aliphatic carbocycles. The zero-order valence-electron chi connectivity index (χ0n) is 15.5. The van der Waals surface area contributed by atoms with Crippen LogP contribution in [-0.2, 0) is 4.79 Å². The van der Waals surface area contributed by atoms with Crippen molar-refractivity contribution in [3.05, 3.63) is 36.2 Å². The number of hydrogen-bond acceptors (Lipinski definition) is 3. The molecule has 2 saturated heterocycles. The van der Waals surface area contributed by atoms with Crippen LogP contribution in [0.4, 0.5) is 0 Å². The minimum atomic E-state index is 0.0458. The Morgan fingerprint density at radius 3 is 2.77 bits per heavy atom. The fourth-order valence-corrected chi connectivity index (χ4v) is 4.38. The first-order valence-corrected chi connectivity index (χ1v) is 9.47. The number of aromatic nitrogens is 2. The standard InChI is InChI=1S/C20H26N4O2/c1-15(2)13-23-14-20(11-18(23)25)6-9-22(10-7-20)19(26)16-12-21-24-8-4-3-5-17(16)24/h3-5,8,12,15H,6-7,9-11,13-14H2,1-2H3. The lowest BCUT2D eigenvalue weighted by molar-refractivity contribution is -0.128. The molecule has 0 atom stereocenters. The van der Waals surface area contributed by atoms with Gasteiger partial charge in [0.2, 0.25) is 5.91 Å². The first-order chi connectivity index (χ1) is 12.5. The van der Waals surface area contributed by atoms with E-state index in [1.54, 1.807) is 10.7 Å². The number of hydrogen-bond donors (Lipinski definition) is 0. The van der Waals surface area contributed by atoms with Crippen molar-refractivity contribution in [3.8, 4) is 0 Å². The number of nitrogens with zero attached hydrogens (tertiary/aromatic N) is 4. The summed E-state index contributed by atoms with van der Waals surface area (Å²) < 4.78 is 1.73. The largest absolute Gasteiger partial charge is 0.342 e. The Balaban J connectivity index is 1.44. The summed E-state index contributed by atoms with van der Waals surface area (Å²) in [5.74, 6) is 0.817. The van der Waals surface area contributed by atoms with Crippen LogP contribution in [0.5, 0.6) is 0 Å². The Morgan fingerprint density at radius 2 is 2.04 bits per heavy atom. The van der Waals surface area contributed by atoms with E-state index in [2.05, 4.69) is 18.9 Å². The van der Waals surface area contributed by atoms with Crippen LogP contribution in [0, 0.1) is 11.3 Å². The third kappa shape index (κ3) is 2.97. The summed E-state index contributed by atoms with van der Waals surface area (Å²) in [6.07, 6.45) is 5.95. The van der Waals surface area contributed by atoms with Crippen LogP contribution in [-0.4, -0.2) is 57.4 Å². The van der Waals surface area contributed by atoms with E-state index >= 15 is 0 Å². The van der Waals surface area contributed by atoms with E-state index < -0.39 is 0 Å². The van der Waals surface area contributed by atoms with Crippen LogP contribution in [0.3, 0.4) is 0 Å². The number of carbonyl (C=O) groups is 2. The molecular formula is C20H26N4O2. The van der Waals surface area contributed by atoms with Gasteiger partial charge in [-0.1, -0.05) is 19.9 Å². The molecule has 0 N–H and O–H groups in total. The van der Waals surface area contributed by atoms with Crippen molar-refractivity contribution in [1.82, 2.24) is 19.4 Å². The first-order valence-electron chi connectivity index (χ1n) is 9.47. The summed E-state index contributed by atoms with van der Waals surface area (Å²) in [7, 11) is 0. The summed E-state index contributed by atoms with van der Waals surface area (Å²) in [5.41, 5.74) is 1.56. The maximum Gasteiger partial charge on any atom is 0.257 e. The fraction of sp³-hybridized carbons (Fsp3) is 0.550. The van der Waals surface area contributed by atoms with Gasteiger partial charge in [0.05, 0.1) is 17.3 Å². The fourth-order valence-electron chi connectivity index (χ4n) is 4.38. The molecule has 4 heterocycles. The minimum absolute atomic E-state index is 0.0458. The van der Waals surface area contributed by atoms with Gasteiger partial charge in [-0.3, -0.25) is 9.59 Å². The number of pyridine rings is 1. The van der Waals surface area contributed by atoms with Crippen LogP contribution >= 0.6 is 0 Å². The summed E-state index contributed by atoms with van der Waals surface area (Å²) >= 11 is 0. The van der Waals surface area contributed by atoms with Crippen LogP contribution in [0.2, 0.25) is 0 Å². The van der Waals surface area contributed by atoms with Gasteiger partial charge in [-0.25, -0.2) is 4.52 Å². The normalized spacial score (nSPS) is 19.9. The maximum atomic E-state index is 12.9. The van der Waals surface area contributed by atoms with E-state index in [0.29, 0.717) is 31.0 Å². The van der Waals surface area contributed by atoms with Gasteiger partial charge < -0.3 is 9.80 Å². The molecule has 4 rings (SSSR count). The zero-order chi connectivity index (χ0) is 18.3. The van der Waals surface area contributed by atoms with Gasteiger partial charge in [0.1, 0.15) is 0 Å². The minimum Gasteiger partial charge on any atom is -0.342 e. The predicted octanol–water partition coefficient (Wildman–Crippen LogP) is 2.45. The number of likely N-dealkylation sites (tertiary alicyclic amines) is 2. The number of fused-ring (bicyclic) bond motifs is 1. The van der Waals surface area contributed by atoms with Crippen molar-refractivity contribution in [1.29, 1.82) is 0 Å². The number of piperidine rings is 1. The quantitative estimate of drug-likeness (QED) is 0.851. The van der Waals surface area contributed by atoms with Crippen LogP contribution < -0.4 is 0 Å². The van der Waals surface area contributed by atoms with Gasteiger partial charge in [-0.2, -0.15) is 5.10 Å². The van der Waals surface area contributed by atoms with Crippen molar-refractivity contribution < 1.29 is 9.59 Å². The molecule has 0 radical (unpaired) electrons. The van der Waals surface area contributed by atoms with Crippen molar-refractivity contribution >= 4 is 17.3 Å². The average Bonchev–Trinajstić information content (AvgIpc) is 3.16. The van der Waals surface area contributed by atoms with E-state index in [1.807, 2.05) is 34.2 Å². The van der Waals surface area contributed by atoms with Gasteiger partial charge in [0, 0.05) is 44.2 Å². The first kappa shape index (κ1) is 17.1. The molecule has 6 nitrogen and oxygen atoms in total. The molecule has 0 bridgehead atoms. The van der Waals surface area contributed by atoms with Crippen molar-refractivity contribution in [2.24, 2.45) is 11.3 Å². The van der Waals surface area contributed by atoms with Crippen molar-refractivity contribution in [2.75, 3.05) is 26.2 Å². The molecule has 0 unspecified atom stereocenters. The predicted molar refractivity (Wildman–Crippen MR) is 98.8 cm³/mol. The third-order valence-corrected chi connectivity index (χ3v) is 5.76. The molecule has 26 heavy (non-hydrogen) atoms. The molecule has 2 aromatic rings. The molecule has 138 valence electrons. The van der Waals surface area contributed by atoms with E-state index in [-0.39, 0.29) is 17.2 Å². The number of carbonyl (C=O) groups excluding carboxylic acids is 2. The summed E-state index contributed by atoms with van der Waals surface area (Å²) in [5, 5.41) is 4.27. The van der Waals surface area contributed by atoms with Gasteiger partial charge >= 0.3 is 0 Å². The van der Waals surface area contributed by atoms with Crippen molar-refractivity contribution in [2.45, 2.75) is 33.1 Å². The highest BCUT2D eigenvalue weighted by atomic mass is 16.2. The molecule has 1 spiro atoms. The molecule has 6 heteroatoms. The Labute approximate surface area is 153 Å². The average molecular weight is 354 g/mol. The Bertz CT molecular complexity index is 833. The second-order valence-corrected chi connectivity index (χ2v) is 8.23. The molecule has 2 aromatic heterocycles. The van der Waals surface area contributed by atoms with Gasteiger partial charge in [-0.05, 0) is 30.9 Å². The molecule has 0 saturated carbocycles. The monoisotopic (exact) mass is 354 g/mol. The van der Waals surface area contributed by atoms with Gasteiger partial charge in [-0.15, -0.1) is 0 Å². The number of rotatable bonds is 3. The van der Waals surface area contributed by atoms with E-state index in [4.69, 9.17) is 0 Å². The Morgan fingerprint density at radius 1 is 1.27 bits per heavy atom. The van der Waals surface area contributed by atoms with E-state index in [0.717, 1.165) is 31.4 Å². The highest BCUT2D eigenvalue weighted by molar-refractivity contribution is 6.00. The zero-order valence-corrected chi connectivity index (χ0v) is 15.5. The number of amides is 2. The van der Waals surface area contributed by atoms with Crippen molar-refractivity contribution in [3.63, 3.8) is 0 Å². The lowest BCUT2D eigenvalue weighted by Gasteiger charge is -2.38.